The van der Waals surface area contributed by atoms with E-state index < -0.39 is 18.5 Å². The normalized spacial score (nSPS) is 15.3. The van der Waals surface area contributed by atoms with Crippen LogP contribution in [-0.2, 0) is 4.79 Å². The molecule has 0 spiro atoms. The molecule has 6 heteroatoms. The number of alkyl halides is 3. The highest BCUT2D eigenvalue weighted by Crippen LogP contribution is 2.35. The molecule has 3 nitrogen and oxygen atoms in total. The number of aromatic nitrogens is 1. The van der Waals surface area contributed by atoms with Crippen molar-refractivity contribution >= 4 is 5.91 Å². The largest absolute Gasteiger partial charge is 0.397 e. The molecule has 0 bridgehead atoms. The van der Waals surface area contributed by atoms with E-state index in [1.165, 1.54) is 4.90 Å². The Balaban J connectivity index is 1.73. The first-order valence-corrected chi connectivity index (χ1v) is 7.19. The topological polar surface area (TPSA) is 33.2 Å². The number of benzene rings is 1. The third-order valence-electron chi connectivity index (χ3n) is 3.90. The molecular weight excluding hydrogens is 305 g/mol. The van der Waals surface area contributed by atoms with Crippen LogP contribution in [0.1, 0.15) is 17.9 Å². The average Bonchev–Trinajstić information content (AvgIpc) is 2.45. The van der Waals surface area contributed by atoms with E-state index in [4.69, 9.17) is 0 Å². The Morgan fingerprint density at radius 1 is 1.35 bits per heavy atom. The van der Waals surface area contributed by atoms with Gasteiger partial charge in [-0.05, 0) is 29.3 Å². The summed E-state index contributed by atoms with van der Waals surface area (Å²) in [4.78, 5) is 16.9. The highest BCUT2D eigenvalue weighted by Gasteiger charge is 2.39. The van der Waals surface area contributed by atoms with Gasteiger partial charge >= 0.3 is 6.18 Å². The van der Waals surface area contributed by atoms with Crippen molar-refractivity contribution in [1.82, 2.24) is 9.88 Å². The molecule has 1 aromatic heterocycles. The van der Waals surface area contributed by atoms with Gasteiger partial charge in [-0.15, -0.1) is 0 Å². The van der Waals surface area contributed by atoms with E-state index in [1.54, 1.807) is 18.5 Å². The molecule has 1 fully saturated rings. The molecule has 1 saturated heterocycles. The van der Waals surface area contributed by atoms with E-state index >= 15 is 0 Å². The van der Waals surface area contributed by atoms with Gasteiger partial charge in [0.25, 0.3) is 0 Å². The second-order valence-corrected chi connectivity index (χ2v) is 5.54. The molecule has 0 unspecified atom stereocenters. The van der Waals surface area contributed by atoms with Crippen molar-refractivity contribution in [3.05, 3.63) is 54.4 Å². The molecule has 0 N–H and O–H groups in total. The fourth-order valence-corrected chi connectivity index (χ4v) is 2.73. The van der Waals surface area contributed by atoms with Crippen molar-refractivity contribution in [1.29, 1.82) is 0 Å². The predicted molar refractivity (Wildman–Crippen MR) is 78.5 cm³/mol. The SMILES string of the molecule is O=C(CC(F)(F)F)N1CC(c2cc[c]cc2-c2cccnc2)C1. The fourth-order valence-electron chi connectivity index (χ4n) is 2.73. The van der Waals surface area contributed by atoms with Crippen LogP contribution in [0.15, 0.2) is 42.7 Å². The Labute approximate surface area is 131 Å². The van der Waals surface area contributed by atoms with Crippen molar-refractivity contribution < 1.29 is 18.0 Å². The molecular formula is C17H14F3N2O. The van der Waals surface area contributed by atoms with Crippen LogP contribution in [0, 0.1) is 6.07 Å². The summed E-state index contributed by atoms with van der Waals surface area (Å²) in [6.45, 7) is 0.623. The molecule has 0 aliphatic carbocycles. The quantitative estimate of drug-likeness (QED) is 0.868. The summed E-state index contributed by atoms with van der Waals surface area (Å²) in [7, 11) is 0. The van der Waals surface area contributed by atoms with E-state index in [0.29, 0.717) is 13.1 Å². The van der Waals surface area contributed by atoms with Gasteiger partial charge in [0.05, 0.1) is 0 Å². The van der Waals surface area contributed by atoms with Crippen molar-refractivity contribution in [2.75, 3.05) is 13.1 Å². The number of likely N-dealkylation sites (tertiary alicyclic amines) is 1. The summed E-state index contributed by atoms with van der Waals surface area (Å²) in [5.41, 5.74) is 2.89. The molecule has 1 aromatic carbocycles. The molecule has 23 heavy (non-hydrogen) atoms. The summed E-state index contributed by atoms with van der Waals surface area (Å²) < 4.78 is 36.8. The molecule has 2 aromatic rings. The molecule has 0 atom stereocenters. The molecule has 1 amide bonds. The van der Waals surface area contributed by atoms with Crippen molar-refractivity contribution in [2.45, 2.75) is 18.5 Å². The monoisotopic (exact) mass is 319 g/mol. The lowest BCUT2D eigenvalue weighted by atomic mass is 9.86. The smallest absolute Gasteiger partial charge is 0.341 e. The highest BCUT2D eigenvalue weighted by atomic mass is 19.4. The van der Waals surface area contributed by atoms with Crippen molar-refractivity contribution in [3.8, 4) is 11.1 Å². The lowest BCUT2D eigenvalue weighted by Gasteiger charge is -2.40. The number of amides is 1. The van der Waals surface area contributed by atoms with Crippen LogP contribution in [0.2, 0.25) is 0 Å². The number of hydrogen-bond donors (Lipinski definition) is 0. The van der Waals surface area contributed by atoms with Gasteiger partial charge in [-0.1, -0.05) is 18.2 Å². The maximum absolute atomic E-state index is 12.3. The van der Waals surface area contributed by atoms with E-state index in [-0.39, 0.29) is 5.92 Å². The zero-order valence-corrected chi connectivity index (χ0v) is 12.2. The Morgan fingerprint density at radius 2 is 2.13 bits per heavy atom. The van der Waals surface area contributed by atoms with Gasteiger partial charge in [0.2, 0.25) is 5.91 Å². The molecule has 1 aliphatic rings. The molecule has 1 radical (unpaired) electrons. The van der Waals surface area contributed by atoms with Gasteiger partial charge in [-0.2, -0.15) is 13.2 Å². The van der Waals surface area contributed by atoms with E-state index in [0.717, 1.165) is 16.7 Å². The number of nitrogens with zero attached hydrogens (tertiary/aromatic N) is 2. The van der Waals surface area contributed by atoms with Gasteiger partial charge in [-0.25, -0.2) is 0 Å². The number of halogens is 3. The number of rotatable bonds is 3. The van der Waals surface area contributed by atoms with E-state index in [9.17, 15) is 18.0 Å². The second kappa shape index (κ2) is 6.02. The molecule has 2 heterocycles. The minimum absolute atomic E-state index is 0.0389. The summed E-state index contributed by atoms with van der Waals surface area (Å²) in [5.74, 6) is -0.823. The Morgan fingerprint density at radius 3 is 2.78 bits per heavy atom. The molecule has 119 valence electrons. The van der Waals surface area contributed by atoms with Gasteiger partial charge in [0, 0.05) is 37.0 Å². The fraction of sp³-hybridized carbons (Fsp3) is 0.294. The summed E-state index contributed by atoms with van der Waals surface area (Å²) in [6.07, 6.45) is -2.43. The minimum Gasteiger partial charge on any atom is -0.341 e. The molecule has 1 aliphatic heterocycles. The molecule has 0 saturated carbocycles. The van der Waals surface area contributed by atoms with Crippen LogP contribution in [0.3, 0.4) is 0 Å². The number of carbonyl (C=O) groups is 1. The van der Waals surface area contributed by atoms with E-state index in [1.807, 2.05) is 24.3 Å². The standard InChI is InChI=1S/C17H14F3N2O/c18-17(19,20)8-16(23)22-10-13(11-22)15-6-2-1-5-14(15)12-4-3-7-21-9-12/h2-7,9,13H,8,10-11H2. The highest BCUT2D eigenvalue weighted by molar-refractivity contribution is 5.78. The van der Waals surface area contributed by atoms with Gasteiger partial charge < -0.3 is 4.90 Å². The van der Waals surface area contributed by atoms with Crippen LogP contribution in [0.5, 0.6) is 0 Å². The van der Waals surface area contributed by atoms with Crippen LogP contribution >= 0.6 is 0 Å². The minimum atomic E-state index is -4.45. The Kier molecular flexibility index (Phi) is 4.07. The average molecular weight is 319 g/mol. The zero-order chi connectivity index (χ0) is 16.4. The Bertz CT molecular complexity index is 694. The zero-order valence-electron chi connectivity index (χ0n) is 12.2. The van der Waals surface area contributed by atoms with Gasteiger partial charge in [0.15, 0.2) is 0 Å². The lowest BCUT2D eigenvalue weighted by molar-refractivity contribution is -0.164. The van der Waals surface area contributed by atoms with Crippen LogP contribution in [0.25, 0.3) is 11.1 Å². The predicted octanol–water partition coefficient (Wildman–Crippen LogP) is 3.43. The first-order valence-electron chi connectivity index (χ1n) is 7.19. The van der Waals surface area contributed by atoms with Crippen LogP contribution in [0.4, 0.5) is 13.2 Å². The van der Waals surface area contributed by atoms with Crippen LogP contribution < -0.4 is 0 Å². The van der Waals surface area contributed by atoms with Gasteiger partial charge in [-0.3, -0.25) is 9.78 Å². The Hall–Kier alpha value is -2.37. The summed E-state index contributed by atoms with van der Waals surface area (Å²) in [6, 6.07) is 12.3. The van der Waals surface area contributed by atoms with E-state index in [2.05, 4.69) is 11.1 Å². The number of pyridine rings is 1. The van der Waals surface area contributed by atoms with Crippen LogP contribution in [-0.4, -0.2) is 35.1 Å². The number of hydrogen-bond acceptors (Lipinski definition) is 2. The maximum atomic E-state index is 12.3. The summed E-state index contributed by atoms with van der Waals surface area (Å²) in [5, 5.41) is 0. The second-order valence-electron chi connectivity index (χ2n) is 5.54. The summed E-state index contributed by atoms with van der Waals surface area (Å²) >= 11 is 0. The third-order valence-corrected chi connectivity index (χ3v) is 3.90. The first-order chi connectivity index (χ1) is 10.9. The maximum Gasteiger partial charge on any atom is 0.397 e. The van der Waals surface area contributed by atoms with Crippen molar-refractivity contribution in [3.63, 3.8) is 0 Å². The van der Waals surface area contributed by atoms with Crippen molar-refractivity contribution in [2.24, 2.45) is 0 Å². The lowest BCUT2D eigenvalue weighted by Crippen LogP contribution is -2.49. The molecule has 3 rings (SSSR count). The number of carbonyl (C=O) groups excluding carboxylic acids is 1. The first kappa shape index (κ1) is 15.5. The third kappa shape index (κ3) is 3.52. The van der Waals surface area contributed by atoms with Gasteiger partial charge in [0.1, 0.15) is 6.42 Å².